The summed E-state index contributed by atoms with van der Waals surface area (Å²) < 4.78 is 23.9. The normalized spacial score (nSPS) is 20.1. The molecule has 2 atom stereocenters. The van der Waals surface area contributed by atoms with Crippen molar-refractivity contribution in [3.8, 4) is 0 Å². The lowest BCUT2D eigenvalue weighted by molar-refractivity contribution is -0.135. The number of cyclic esters (lactones) is 1. The third kappa shape index (κ3) is 7.53. The Morgan fingerprint density at radius 1 is 1.23 bits per heavy atom. The average Bonchev–Trinajstić information content (AvgIpc) is 3.36. The molecule has 0 aliphatic carbocycles. The zero-order valence-corrected chi connectivity index (χ0v) is 20.2. The molecule has 3 N–H and O–H groups in total. The Kier molecular flexibility index (Phi) is 8.48. The molecule has 0 bridgehead atoms. The highest BCUT2D eigenvalue weighted by Gasteiger charge is 2.34. The summed E-state index contributed by atoms with van der Waals surface area (Å²) >= 11 is 0. The van der Waals surface area contributed by atoms with Gasteiger partial charge in [-0.05, 0) is 56.9 Å². The maximum atomic E-state index is 13.6. The Morgan fingerprint density at radius 3 is 2.51 bits per heavy atom. The summed E-state index contributed by atoms with van der Waals surface area (Å²) in [5, 5.41) is 8.25. The van der Waals surface area contributed by atoms with Crippen molar-refractivity contribution >= 4 is 29.5 Å². The predicted molar refractivity (Wildman–Crippen MR) is 125 cm³/mol. The molecule has 0 radical (unpaired) electrons. The average molecular weight is 490 g/mol. The van der Waals surface area contributed by atoms with E-state index in [4.69, 9.17) is 9.47 Å². The molecule has 2 fully saturated rings. The van der Waals surface area contributed by atoms with Crippen molar-refractivity contribution in [2.45, 2.75) is 58.1 Å². The number of esters is 1. The van der Waals surface area contributed by atoms with Crippen LogP contribution in [0.3, 0.4) is 0 Å². The molecule has 2 saturated heterocycles. The molecule has 2 heterocycles. The summed E-state index contributed by atoms with van der Waals surface area (Å²) in [5.74, 6) is -1.78. The van der Waals surface area contributed by atoms with E-state index in [-0.39, 0.29) is 43.7 Å². The van der Waals surface area contributed by atoms with Crippen molar-refractivity contribution in [1.29, 1.82) is 0 Å². The number of alkyl carbamates (subject to hydrolysis) is 1. The second-order valence-electron chi connectivity index (χ2n) is 9.60. The van der Waals surface area contributed by atoms with E-state index in [9.17, 15) is 23.6 Å². The fraction of sp³-hybridized carbons (Fsp3) is 0.520. The number of nitrogens with one attached hydrogen (secondary N) is 3. The van der Waals surface area contributed by atoms with Gasteiger partial charge in [-0.1, -0.05) is 12.1 Å². The van der Waals surface area contributed by atoms with Gasteiger partial charge in [0.15, 0.2) is 0 Å². The SMILES string of the molecule is CC(C)(C)OC(=O)NCCC(=O)N[C@@H](C[C@@H]1CCNC1=O)C(=C1CCOC1=O)c1ccc(F)cc1. The largest absolute Gasteiger partial charge is 0.462 e. The zero-order chi connectivity index (χ0) is 25.6. The summed E-state index contributed by atoms with van der Waals surface area (Å²) in [6.07, 6.45) is 0.535. The number of carbonyl (C=O) groups excluding carboxylic acids is 4. The molecule has 0 spiro atoms. The van der Waals surface area contributed by atoms with Gasteiger partial charge in [0, 0.05) is 37.4 Å². The Morgan fingerprint density at radius 2 is 1.94 bits per heavy atom. The third-order valence-electron chi connectivity index (χ3n) is 5.70. The number of rotatable bonds is 8. The lowest BCUT2D eigenvalue weighted by Gasteiger charge is -2.26. The van der Waals surface area contributed by atoms with Crippen LogP contribution in [0.5, 0.6) is 0 Å². The monoisotopic (exact) mass is 489 g/mol. The van der Waals surface area contributed by atoms with E-state index < -0.39 is 29.5 Å². The van der Waals surface area contributed by atoms with Gasteiger partial charge < -0.3 is 25.4 Å². The highest BCUT2D eigenvalue weighted by Crippen LogP contribution is 2.32. The summed E-state index contributed by atoms with van der Waals surface area (Å²) in [7, 11) is 0. The van der Waals surface area contributed by atoms with Gasteiger partial charge in [0.1, 0.15) is 11.4 Å². The van der Waals surface area contributed by atoms with Crippen LogP contribution in [-0.2, 0) is 23.9 Å². The van der Waals surface area contributed by atoms with Gasteiger partial charge in [-0.15, -0.1) is 0 Å². The molecule has 35 heavy (non-hydrogen) atoms. The molecular formula is C25H32FN3O6. The molecule has 0 aromatic heterocycles. The maximum Gasteiger partial charge on any atom is 0.407 e. The van der Waals surface area contributed by atoms with Crippen molar-refractivity contribution < 1.29 is 33.0 Å². The van der Waals surface area contributed by atoms with Crippen LogP contribution < -0.4 is 16.0 Å². The van der Waals surface area contributed by atoms with E-state index in [1.165, 1.54) is 12.1 Å². The van der Waals surface area contributed by atoms with Crippen molar-refractivity contribution in [2.75, 3.05) is 19.7 Å². The number of carbonyl (C=O) groups is 4. The summed E-state index contributed by atoms with van der Waals surface area (Å²) in [4.78, 5) is 49.5. The van der Waals surface area contributed by atoms with Crippen LogP contribution in [0, 0.1) is 11.7 Å². The van der Waals surface area contributed by atoms with Crippen LogP contribution in [0.1, 0.15) is 52.0 Å². The molecule has 3 amide bonds. The van der Waals surface area contributed by atoms with E-state index in [0.29, 0.717) is 36.1 Å². The highest BCUT2D eigenvalue weighted by molar-refractivity contribution is 6.01. The fourth-order valence-corrected chi connectivity index (χ4v) is 4.16. The molecule has 3 rings (SSSR count). The molecule has 0 unspecified atom stereocenters. The lowest BCUT2D eigenvalue weighted by atomic mass is 9.86. The Hall–Kier alpha value is -3.43. The van der Waals surface area contributed by atoms with E-state index in [2.05, 4.69) is 16.0 Å². The van der Waals surface area contributed by atoms with Gasteiger partial charge in [-0.3, -0.25) is 9.59 Å². The van der Waals surface area contributed by atoms with Crippen molar-refractivity contribution in [3.05, 3.63) is 41.2 Å². The smallest absolute Gasteiger partial charge is 0.407 e. The van der Waals surface area contributed by atoms with E-state index >= 15 is 0 Å². The summed E-state index contributed by atoms with van der Waals surface area (Å²) in [6.45, 7) is 6.00. The topological polar surface area (TPSA) is 123 Å². The minimum absolute atomic E-state index is 0.0386. The van der Waals surface area contributed by atoms with Crippen LogP contribution in [0.25, 0.3) is 5.57 Å². The minimum Gasteiger partial charge on any atom is -0.462 e. The first-order valence-electron chi connectivity index (χ1n) is 11.7. The van der Waals surface area contributed by atoms with E-state index in [1.807, 2.05) is 0 Å². The number of benzene rings is 1. The maximum absolute atomic E-state index is 13.6. The first-order valence-corrected chi connectivity index (χ1v) is 11.7. The summed E-state index contributed by atoms with van der Waals surface area (Å²) in [6, 6.07) is 4.95. The number of amides is 3. The first-order chi connectivity index (χ1) is 16.5. The van der Waals surface area contributed by atoms with Crippen LogP contribution in [0.2, 0.25) is 0 Å². The molecule has 9 nitrogen and oxygen atoms in total. The standard InChI is InChI=1S/C25H32FN3O6/c1-25(2,3)35-24(33)28-12-9-20(30)29-19(14-16-8-11-27-22(16)31)21(18-10-13-34-23(18)32)15-4-6-17(26)7-5-15/h4-7,16,19H,8-14H2,1-3H3,(H,27,31)(H,28,33)(H,29,30)/t16-,19-/m0/s1. The summed E-state index contributed by atoms with van der Waals surface area (Å²) in [5.41, 5.74) is 0.814. The fourth-order valence-electron chi connectivity index (χ4n) is 4.16. The van der Waals surface area contributed by atoms with Gasteiger partial charge in [-0.2, -0.15) is 0 Å². The second-order valence-corrected chi connectivity index (χ2v) is 9.60. The number of hydrogen-bond acceptors (Lipinski definition) is 6. The van der Waals surface area contributed by atoms with Gasteiger partial charge >= 0.3 is 12.1 Å². The quantitative estimate of drug-likeness (QED) is 0.381. The molecular weight excluding hydrogens is 457 g/mol. The molecule has 0 saturated carbocycles. The van der Waals surface area contributed by atoms with E-state index in [1.54, 1.807) is 32.9 Å². The number of hydrogen-bond donors (Lipinski definition) is 3. The van der Waals surface area contributed by atoms with Crippen LogP contribution in [-0.4, -0.2) is 55.2 Å². The van der Waals surface area contributed by atoms with Gasteiger partial charge in [0.25, 0.3) is 0 Å². The molecule has 190 valence electrons. The Bertz CT molecular complexity index is 999. The minimum atomic E-state index is -0.691. The Balaban J connectivity index is 1.81. The van der Waals surface area contributed by atoms with Crippen molar-refractivity contribution in [1.82, 2.24) is 16.0 Å². The zero-order valence-electron chi connectivity index (χ0n) is 20.2. The van der Waals surface area contributed by atoms with Crippen LogP contribution in [0.15, 0.2) is 29.8 Å². The van der Waals surface area contributed by atoms with Crippen LogP contribution >= 0.6 is 0 Å². The lowest BCUT2D eigenvalue weighted by Crippen LogP contribution is -2.41. The predicted octanol–water partition coefficient (Wildman–Crippen LogP) is 2.45. The highest BCUT2D eigenvalue weighted by atomic mass is 19.1. The Labute approximate surface area is 203 Å². The number of halogens is 1. The van der Waals surface area contributed by atoms with Gasteiger partial charge in [0.2, 0.25) is 11.8 Å². The first kappa shape index (κ1) is 26.2. The van der Waals surface area contributed by atoms with Crippen LogP contribution in [0.4, 0.5) is 9.18 Å². The molecule has 1 aromatic carbocycles. The molecule has 10 heteroatoms. The van der Waals surface area contributed by atoms with Gasteiger partial charge in [0.05, 0.1) is 12.6 Å². The second kappa shape index (κ2) is 11.3. The third-order valence-corrected chi connectivity index (χ3v) is 5.70. The van der Waals surface area contributed by atoms with Crippen molar-refractivity contribution in [2.24, 2.45) is 5.92 Å². The van der Waals surface area contributed by atoms with Crippen molar-refractivity contribution in [3.63, 3.8) is 0 Å². The molecule has 2 aliphatic heterocycles. The van der Waals surface area contributed by atoms with E-state index in [0.717, 1.165) is 0 Å². The molecule has 2 aliphatic rings. The van der Waals surface area contributed by atoms with Gasteiger partial charge in [-0.25, -0.2) is 14.0 Å². The number of ether oxygens (including phenoxy) is 2. The molecule has 1 aromatic rings.